The average molecular weight is 226 g/mol. The van der Waals surface area contributed by atoms with Crippen LogP contribution >= 0.6 is 11.3 Å². The van der Waals surface area contributed by atoms with E-state index in [0.29, 0.717) is 4.88 Å². The third kappa shape index (κ3) is 3.25. The monoisotopic (exact) mass is 226 g/mol. The molecule has 0 radical (unpaired) electrons. The number of ether oxygens (including phenoxy) is 1. The van der Waals surface area contributed by atoms with Gasteiger partial charge in [0.2, 0.25) is 0 Å². The summed E-state index contributed by atoms with van der Waals surface area (Å²) in [6, 6.07) is 3.63. The van der Waals surface area contributed by atoms with Crippen molar-refractivity contribution < 1.29 is 14.3 Å². The van der Waals surface area contributed by atoms with Crippen LogP contribution in [0.4, 0.5) is 0 Å². The van der Waals surface area contributed by atoms with Gasteiger partial charge in [-0.25, -0.2) is 0 Å². The molecule has 4 heteroatoms. The van der Waals surface area contributed by atoms with Gasteiger partial charge in [0, 0.05) is 12.0 Å². The molecule has 1 atom stereocenters. The normalized spacial score (nSPS) is 12.5. The van der Waals surface area contributed by atoms with Gasteiger partial charge in [0.15, 0.2) is 11.6 Å². The van der Waals surface area contributed by atoms with Gasteiger partial charge in [0.1, 0.15) is 6.10 Å². The van der Waals surface area contributed by atoms with Crippen LogP contribution in [-0.2, 0) is 9.53 Å². The van der Waals surface area contributed by atoms with Crippen LogP contribution in [0.1, 0.15) is 27.9 Å². The van der Waals surface area contributed by atoms with E-state index in [2.05, 4.69) is 0 Å². The maximum atomic E-state index is 11.6. The van der Waals surface area contributed by atoms with E-state index in [1.54, 1.807) is 13.0 Å². The highest BCUT2D eigenvalue weighted by Gasteiger charge is 2.18. The molecule has 0 saturated heterocycles. The van der Waals surface area contributed by atoms with Crippen LogP contribution in [0.25, 0.3) is 0 Å². The lowest BCUT2D eigenvalue weighted by atomic mass is 10.1. The lowest BCUT2D eigenvalue weighted by Crippen LogP contribution is -2.21. The Morgan fingerprint density at radius 1 is 1.47 bits per heavy atom. The van der Waals surface area contributed by atoms with Crippen LogP contribution in [0.3, 0.4) is 0 Å². The summed E-state index contributed by atoms with van der Waals surface area (Å²) in [4.78, 5) is 24.8. The highest BCUT2D eigenvalue weighted by Crippen LogP contribution is 2.17. The maximum Gasteiger partial charge on any atom is 0.180 e. The van der Waals surface area contributed by atoms with Crippen molar-refractivity contribution >= 4 is 22.9 Å². The molecule has 0 aromatic carbocycles. The fraction of sp³-hybridized carbons (Fsp3) is 0.455. The molecule has 0 aliphatic heterocycles. The summed E-state index contributed by atoms with van der Waals surface area (Å²) in [7, 11) is 1.46. The molecule has 1 unspecified atom stereocenters. The van der Waals surface area contributed by atoms with Crippen molar-refractivity contribution in [2.24, 2.45) is 0 Å². The lowest BCUT2D eigenvalue weighted by molar-refractivity contribution is -0.126. The van der Waals surface area contributed by atoms with E-state index < -0.39 is 6.10 Å². The summed E-state index contributed by atoms with van der Waals surface area (Å²) < 4.78 is 4.86. The molecule has 0 N–H and O–H groups in total. The first kappa shape index (κ1) is 12.1. The van der Waals surface area contributed by atoms with Crippen LogP contribution in [0.15, 0.2) is 12.1 Å². The van der Waals surface area contributed by atoms with Crippen LogP contribution in [0.5, 0.6) is 0 Å². The zero-order valence-electron chi connectivity index (χ0n) is 9.07. The zero-order valence-corrected chi connectivity index (χ0v) is 9.89. The first-order valence-electron chi connectivity index (χ1n) is 4.69. The first-order valence-corrected chi connectivity index (χ1v) is 5.51. The van der Waals surface area contributed by atoms with Crippen LogP contribution in [0, 0.1) is 6.92 Å². The molecule has 1 aromatic rings. The molecular formula is C11H14O3S. The second kappa shape index (κ2) is 5.19. The van der Waals surface area contributed by atoms with E-state index in [1.807, 2.05) is 13.0 Å². The highest BCUT2D eigenvalue weighted by molar-refractivity contribution is 7.14. The number of carbonyl (C=O) groups excluding carboxylic acids is 2. The van der Waals surface area contributed by atoms with Crippen molar-refractivity contribution in [3.05, 3.63) is 21.9 Å². The number of carbonyl (C=O) groups is 2. The van der Waals surface area contributed by atoms with Gasteiger partial charge >= 0.3 is 0 Å². The Morgan fingerprint density at radius 2 is 2.13 bits per heavy atom. The highest BCUT2D eigenvalue weighted by atomic mass is 32.1. The Hall–Kier alpha value is -1.000. The molecule has 0 aliphatic rings. The first-order chi connectivity index (χ1) is 7.04. The minimum absolute atomic E-state index is 0.0744. The number of hydrogen-bond donors (Lipinski definition) is 0. The quantitative estimate of drug-likeness (QED) is 0.571. The zero-order chi connectivity index (χ0) is 11.4. The number of hydrogen-bond acceptors (Lipinski definition) is 4. The van der Waals surface area contributed by atoms with Gasteiger partial charge in [0.05, 0.1) is 11.3 Å². The van der Waals surface area contributed by atoms with Gasteiger partial charge in [-0.1, -0.05) is 0 Å². The molecule has 15 heavy (non-hydrogen) atoms. The molecule has 0 amide bonds. The molecule has 0 aliphatic carbocycles. The number of methoxy groups -OCH3 is 1. The van der Waals surface area contributed by atoms with E-state index in [4.69, 9.17) is 4.74 Å². The summed E-state index contributed by atoms with van der Waals surface area (Å²) in [6.45, 7) is 3.58. The number of aryl methyl sites for hydroxylation is 1. The van der Waals surface area contributed by atoms with Gasteiger partial charge < -0.3 is 4.74 Å². The van der Waals surface area contributed by atoms with Crippen LogP contribution in [-0.4, -0.2) is 24.8 Å². The van der Waals surface area contributed by atoms with E-state index in [-0.39, 0.29) is 18.0 Å². The van der Waals surface area contributed by atoms with Gasteiger partial charge in [0.25, 0.3) is 0 Å². The molecule has 3 nitrogen and oxygen atoms in total. The van der Waals surface area contributed by atoms with Crippen molar-refractivity contribution in [3.8, 4) is 0 Å². The second-order valence-electron chi connectivity index (χ2n) is 3.35. The fourth-order valence-corrected chi connectivity index (χ4v) is 1.91. The van der Waals surface area contributed by atoms with E-state index in [0.717, 1.165) is 4.88 Å². The Bertz CT molecular complexity index is 368. The van der Waals surface area contributed by atoms with Gasteiger partial charge in [-0.3, -0.25) is 9.59 Å². The van der Waals surface area contributed by atoms with Gasteiger partial charge in [-0.05, 0) is 26.0 Å². The Kier molecular flexibility index (Phi) is 4.17. The number of thiophene rings is 1. The minimum Gasteiger partial charge on any atom is -0.374 e. The average Bonchev–Trinajstić information content (AvgIpc) is 2.63. The molecular weight excluding hydrogens is 212 g/mol. The largest absolute Gasteiger partial charge is 0.374 e. The summed E-state index contributed by atoms with van der Waals surface area (Å²) in [5.74, 6) is -0.296. The Labute approximate surface area is 93.1 Å². The van der Waals surface area contributed by atoms with Crippen molar-refractivity contribution in [3.63, 3.8) is 0 Å². The van der Waals surface area contributed by atoms with Crippen molar-refractivity contribution in [1.29, 1.82) is 0 Å². The number of ketones is 2. The molecule has 0 saturated carbocycles. The fourth-order valence-electron chi connectivity index (χ4n) is 1.10. The molecule has 1 heterocycles. The van der Waals surface area contributed by atoms with Crippen molar-refractivity contribution in [2.75, 3.05) is 7.11 Å². The summed E-state index contributed by atoms with van der Waals surface area (Å²) in [5, 5.41) is 0. The summed E-state index contributed by atoms with van der Waals surface area (Å²) in [6.07, 6.45) is -0.579. The van der Waals surface area contributed by atoms with Crippen molar-refractivity contribution in [1.82, 2.24) is 0 Å². The maximum absolute atomic E-state index is 11.6. The van der Waals surface area contributed by atoms with E-state index >= 15 is 0 Å². The van der Waals surface area contributed by atoms with Crippen molar-refractivity contribution in [2.45, 2.75) is 26.4 Å². The molecule has 0 spiro atoms. The number of Topliss-reactive ketones (excluding diaryl/α,β-unsaturated/α-hetero) is 2. The Balaban J connectivity index is 2.60. The third-order valence-corrected chi connectivity index (χ3v) is 3.20. The molecule has 1 aromatic heterocycles. The Morgan fingerprint density at radius 3 is 2.60 bits per heavy atom. The minimum atomic E-state index is -0.505. The summed E-state index contributed by atoms with van der Waals surface area (Å²) in [5.41, 5.74) is 0. The van der Waals surface area contributed by atoms with E-state index in [9.17, 15) is 9.59 Å². The smallest absolute Gasteiger partial charge is 0.180 e. The van der Waals surface area contributed by atoms with Crippen LogP contribution < -0.4 is 0 Å². The molecule has 0 fully saturated rings. The molecule has 1 rings (SSSR count). The predicted octanol–water partition coefficient (Wildman–Crippen LogP) is 2.23. The topological polar surface area (TPSA) is 43.4 Å². The standard InChI is InChI=1S/C11H14O3S/c1-7-4-5-11(15-7)10(13)6-9(12)8(2)14-3/h4-5,8H,6H2,1-3H3. The van der Waals surface area contributed by atoms with Crippen LogP contribution in [0.2, 0.25) is 0 Å². The predicted molar refractivity (Wildman–Crippen MR) is 59.5 cm³/mol. The van der Waals surface area contributed by atoms with E-state index in [1.165, 1.54) is 18.4 Å². The molecule has 0 bridgehead atoms. The van der Waals surface area contributed by atoms with Gasteiger partial charge in [-0.2, -0.15) is 0 Å². The molecule has 82 valence electrons. The van der Waals surface area contributed by atoms with Gasteiger partial charge in [-0.15, -0.1) is 11.3 Å². The second-order valence-corrected chi connectivity index (χ2v) is 4.64. The number of rotatable bonds is 5. The SMILES string of the molecule is COC(C)C(=O)CC(=O)c1ccc(C)s1. The lowest BCUT2D eigenvalue weighted by Gasteiger charge is -2.06. The third-order valence-electron chi connectivity index (χ3n) is 2.16. The summed E-state index contributed by atoms with van der Waals surface area (Å²) >= 11 is 1.41.